The second-order valence-corrected chi connectivity index (χ2v) is 4.92. The quantitative estimate of drug-likeness (QED) is 0.658. The van der Waals surface area contributed by atoms with Crippen LogP contribution in [0.4, 0.5) is 16.2 Å². The zero-order valence-corrected chi connectivity index (χ0v) is 11.0. The first-order chi connectivity index (χ1) is 8.99. The first kappa shape index (κ1) is 13.3. The van der Waals surface area contributed by atoms with E-state index in [9.17, 15) is 14.9 Å². The number of urea groups is 1. The maximum Gasteiger partial charge on any atom is 0.322 e. The molecule has 1 aromatic carbocycles. The van der Waals surface area contributed by atoms with E-state index in [1.807, 2.05) is 18.7 Å². The third-order valence-corrected chi connectivity index (χ3v) is 3.52. The van der Waals surface area contributed by atoms with Crippen molar-refractivity contribution >= 4 is 17.4 Å². The van der Waals surface area contributed by atoms with Crippen LogP contribution in [0.3, 0.4) is 0 Å². The summed E-state index contributed by atoms with van der Waals surface area (Å²) < 4.78 is 0. The number of likely N-dealkylation sites (tertiary alicyclic amines) is 1. The van der Waals surface area contributed by atoms with Gasteiger partial charge in [-0.2, -0.15) is 0 Å². The predicted molar refractivity (Wildman–Crippen MR) is 72.1 cm³/mol. The second-order valence-electron chi connectivity index (χ2n) is 4.92. The molecule has 19 heavy (non-hydrogen) atoms. The van der Waals surface area contributed by atoms with Crippen molar-refractivity contribution in [3.8, 4) is 0 Å². The van der Waals surface area contributed by atoms with Gasteiger partial charge in [0.15, 0.2) is 0 Å². The SMILES string of the molecule is C[C@@H]1CC[C@H](C)N1C(=O)Nc1ccc([N+](=O)[O-])cc1. The molecule has 0 unspecified atom stereocenters. The molecule has 2 rings (SSSR count). The molecule has 6 heteroatoms. The number of rotatable bonds is 2. The molecule has 0 bridgehead atoms. The van der Waals surface area contributed by atoms with Gasteiger partial charge in [-0.25, -0.2) is 4.79 Å². The van der Waals surface area contributed by atoms with Crippen LogP contribution >= 0.6 is 0 Å². The number of nitro groups is 1. The summed E-state index contributed by atoms with van der Waals surface area (Å²) in [5.41, 5.74) is 0.586. The van der Waals surface area contributed by atoms with Gasteiger partial charge in [0, 0.05) is 29.9 Å². The number of benzene rings is 1. The summed E-state index contributed by atoms with van der Waals surface area (Å²) in [7, 11) is 0. The number of hydrogen-bond donors (Lipinski definition) is 1. The van der Waals surface area contributed by atoms with E-state index in [0.29, 0.717) is 5.69 Å². The standard InChI is InChI=1S/C13H17N3O3/c1-9-3-4-10(2)15(9)13(17)14-11-5-7-12(8-6-11)16(18)19/h5-10H,3-4H2,1-2H3,(H,14,17)/t9-,10+. The molecule has 1 aliphatic rings. The van der Waals surface area contributed by atoms with Crippen molar-refractivity contribution < 1.29 is 9.72 Å². The number of amides is 2. The van der Waals surface area contributed by atoms with Gasteiger partial charge in [0.25, 0.3) is 5.69 Å². The van der Waals surface area contributed by atoms with Crippen LogP contribution in [-0.4, -0.2) is 27.9 Å². The largest absolute Gasteiger partial charge is 0.322 e. The highest BCUT2D eigenvalue weighted by atomic mass is 16.6. The molecular formula is C13H17N3O3. The molecule has 0 aliphatic carbocycles. The summed E-state index contributed by atoms with van der Waals surface area (Å²) in [5, 5.41) is 13.3. The summed E-state index contributed by atoms with van der Waals surface area (Å²) in [6, 6.07) is 6.16. The van der Waals surface area contributed by atoms with Crippen molar-refractivity contribution in [3.63, 3.8) is 0 Å². The van der Waals surface area contributed by atoms with Crippen molar-refractivity contribution in [1.82, 2.24) is 4.90 Å². The van der Waals surface area contributed by atoms with Crippen molar-refractivity contribution in [3.05, 3.63) is 34.4 Å². The zero-order chi connectivity index (χ0) is 14.0. The van der Waals surface area contributed by atoms with E-state index in [-0.39, 0.29) is 23.8 Å². The average Bonchev–Trinajstić information content (AvgIpc) is 2.69. The van der Waals surface area contributed by atoms with E-state index in [1.54, 1.807) is 12.1 Å². The molecule has 0 radical (unpaired) electrons. The lowest BCUT2D eigenvalue weighted by molar-refractivity contribution is -0.384. The Morgan fingerprint density at radius 1 is 1.26 bits per heavy atom. The molecule has 0 aromatic heterocycles. The van der Waals surface area contributed by atoms with Gasteiger partial charge in [0.2, 0.25) is 0 Å². The third-order valence-electron chi connectivity index (χ3n) is 3.52. The van der Waals surface area contributed by atoms with E-state index in [0.717, 1.165) is 12.8 Å². The molecular weight excluding hydrogens is 246 g/mol. The number of non-ortho nitro benzene ring substituents is 1. The second kappa shape index (κ2) is 5.26. The Labute approximate surface area is 111 Å². The summed E-state index contributed by atoms with van der Waals surface area (Å²) in [4.78, 5) is 24.0. The van der Waals surface area contributed by atoms with E-state index in [2.05, 4.69) is 5.32 Å². The van der Waals surface area contributed by atoms with E-state index < -0.39 is 4.92 Å². The minimum Gasteiger partial charge on any atom is -0.319 e. The fourth-order valence-electron chi connectivity index (χ4n) is 2.45. The van der Waals surface area contributed by atoms with Gasteiger partial charge in [0.1, 0.15) is 0 Å². The molecule has 1 aliphatic heterocycles. The zero-order valence-electron chi connectivity index (χ0n) is 11.0. The van der Waals surface area contributed by atoms with Crippen LogP contribution in [0.5, 0.6) is 0 Å². The van der Waals surface area contributed by atoms with Crippen LogP contribution in [-0.2, 0) is 0 Å². The topological polar surface area (TPSA) is 75.5 Å². The molecule has 1 N–H and O–H groups in total. The van der Waals surface area contributed by atoms with Crippen LogP contribution in [0, 0.1) is 10.1 Å². The Bertz CT molecular complexity index is 476. The van der Waals surface area contributed by atoms with Crippen LogP contribution < -0.4 is 5.32 Å². The van der Waals surface area contributed by atoms with Crippen LogP contribution in [0.15, 0.2) is 24.3 Å². The smallest absolute Gasteiger partial charge is 0.319 e. The molecule has 1 fully saturated rings. The van der Waals surface area contributed by atoms with Crippen LogP contribution in [0.1, 0.15) is 26.7 Å². The Kier molecular flexibility index (Phi) is 3.69. The van der Waals surface area contributed by atoms with Gasteiger partial charge >= 0.3 is 6.03 Å². The van der Waals surface area contributed by atoms with Gasteiger partial charge in [0.05, 0.1) is 4.92 Å². The van der Waals surface area contributed by atoms with Crippen molar-refractivity contribution in [2.75, 3.05) is 5.32 Å². The lowest BCUT2D eigenvalue weighted by Gasteiger charge is -2.26. The number of carbonyl (C=O) groups excluding carboxylic acids is 1. The van der Waals surface area contributed by atoms with Crippen LogP contribution in [0.25, 0.3) is 0 Å². The first-order valence-corrected chi connectivity index (χ1v) is 6.33. The monoisotopic (exact) mass is 263 g/mol. The number of nitrogens with one attached hydrogen (secondary N) is 1. The number of nitro benzene ring substituents is 1. The summed E-state index contributed by atoms with van der Waals surface area (Å²) in [6.07, 6.45) is 2.02. The van der Waals surface area contributed by atoms with Crippen LogP contribution in [0.2, 0.25) is 0 Å². The molecule has 6 nitrogen and oxygen atoms in total. The molecule has 2 amide bonds. The Morgan fingerprint density at radius 2 is 1.79 bits per heavy atom. The Hall–Kier alpha value is -2.11. The summed E-state index contributed by atoms with van der Waals surface area (Å²) in [6.45, 7) is 4.05. The van der Waals surface area contributed by atoms with E-state index >= 15 is 0 Å². The molecule has 102 valence electrons. The lowest BCUT2D eigenvalue weighted by atomic mass is 10.2. The third kappa shape index (κ3) is 2.83. The van der Waals surface area contributed by atoms with Gasteiger partial charge in [-0.05, 0) is 38.8 Å². The normalized spacial score (nSPS) is 22.3. The van der Waals surface area contributed by atoms with E-state index in [4.69, 9.17) is 0 Å². The Morgan fingerprint density at radius 3 is 2.26 bits per heavy atom. The molecule has 2 atom stereocenters. The lowest BCUT2D eigenvalue weighted by Crippen LogP contribution is -2.41. The number of hydrogen-bond acceptors (Lipinski definition) is 3. The van der Waals surface area contributed by atoms with Gasteiger partial charge in [-0.1, -0.05) is 0 Å². The number of nitrogens with zero attached hydrogens (tertiary/aromatic N) is 2. The molecule has 0 spiro atoms. The number of anilines is 1. The van der Waals surface area contributed by atoms with E-state index in [1.165, 1.54) is 12.1 Å². The highest BCUT2D eigenvalue weighted by Gasteiger charge is 2.31. The number of carbonyl (C=O) groups is 1. The fraction of sp³-hybridized carbons (Fsp3) is 0.462. The predicted octanol–water partition coefficient (Wildman–Crippen LogP) is 3.00. The fourth-order valence-corrected chi connectivity index (χ4v) is 2.45. The summed E-state index contributed by atoms with van der Waals surface area (Å²) in [5.74, 6) is 0. The summed E-state index contributed by atoms with van der Waals surface area (Å²) >= 11 is 0. The molecule has 1 heterocycles. The van der Waals surface area contributed by atoms with Crippen molar-refractivity contribution in [1.29, 1.82) is 0 Å². The molecule has 0 saturated carbocycles. The van der Waals surface area contributed by atoms with Gasteiger partial charge in [-0.15, -0.1) is 0 Å². The highest BCUT2D eigenvalue weighted by Crippen LogP contribution is 2.24. The average molecular weight is 263 g/mol. The molecule has 1 saturated heterocycles. The highest BCUT2D eigenvalue weighted by molar-refractivity contribution is 5.90. The maximum atomic E-state index is 12.1. The Balaban J connectivity index is 2.04. The molecule has 1 aromatic rings. The minimum absolute atomic E-state index is 0.0147. The van der Waals surface area contributed by atoms with Crippen molar-refractivity contribution in [2.45, 2.75) is 38.8 Å². The van der Waals surface area contributed by atoms with Gasteiger partial charge < -0.3 is 10.2 Å². The minimum atomic E-state index is -0.462. The first-order valence-electron chi connectivity index (χ1n) is 6.33. The maximum absolute atomic E-state index is 12.1. The van der Waals surface area contributed by atoms with Crippen molar-refractivity contribution in [2.24, 2.45) is 0 Å². The van der Waals surface area contributed by atoms with Gasteiger partial charge in [-0.3, -0.25) is 10.1 Å².